The van der Waals surface area contributed by atoms with Gasteiger partial charge < -0.3 is 5.32 Å². The van der Waals surface area contributed by atoms with Gasteiger partial charge in [-0.15, -0.1) is 0 Å². The van der Waals surface area contributed by atoms with Crippen molar-refractivity contribution in [1.82, 2.24) is 20.3 Å². The van der Waals surface area contributed by atoms with Crippen LogP contribution in [0.3, 0.4) is 0 Å². The zero-order valence-electron chi connectivity index (χ0n) is 13.4. The number of hydrogen-bond donors (Lipinski definition) is 1. The van der Waals surface area contributed by atoms with E-state index in [0.29, 0.717) is 24.3 Å². The topological polar surface area (TPSA) is 76.9 Å². The molecule has 6 nitrogen and oxygen atoms in total. The maximum atomic E-state index is 12.5. The Morgan fingerprint density at radius 1 is 1.22 bits per heavy atom. The monoisotopic (exact) mass is 334 g/mol. The van der Waals surface area contributed by atoms with Gasteiger partial charge in [-0.25, -0.2) is 8.42 Å². The molecule has 0 aliphatic heterocycles. The van der Waals surface area contributed by atoms with E-state index in [1.165, 1.54) is 0 Å². The fourth-order valence-electron chi connectivity index (χ4n) is 2.80. The van der Waals surface area contributed by atoms with E-state index < -0.39 is 9.84 Å². The van der Waals surface area contributed by atoms with E-state index in [1.807, 2.05) is 19.9 Å². The number of aromatic nitrogens is 3. The summed E-state index contributed by atoms with van der Waals surface area (Å²) in [4.78, 5) is 2.10. The number of nitrogens with zero attached hydrogens (tertiary/aromatic N) is 3. The van der Waals surface area contributed by atoms with Gasteiger partial charge in [0.25, 0.3) is 0 Å². The van der Waals surface area contributed by atoms with Crippen molar-refractivity contribution in [3.63, 3.8) is 0 Å². The van der Waals surface area contributed by atoms with Gasteiger partial charge in [-0.2, -0.15) is 15.0 Å². The Balaban J connectivity index is 1.54. The molecular weight excluding hydrogens is 312 g/mol. The van der Waals surface area contributed by atoms with Crippen molar-refractivity contribution in [1.29, 1.82) is 0 Å². The van der Waals surface area contributed by atoms with E-state index >= 15 is 0 Å². The van der Waals surface area contributed by atoms with Gasteiger partial charge in [-0.05, 0) is 38.8 Å². The first-order valence-electron chi connectivity index (χ1n) is 7.93. The summed E-state index contributed by atoms with van der Waals surface area (Å²) < 4.78 is 25.0. The van der Waals surface area contributed by atoms with Crippen LogP contribution in [0, 0.1) is 6.92 Å². The van der Waals surface area contributed by atoms with Crippen molar-refractivity contribution in [3.8, 4) is 0 Å². The molecule has 23 heavy (non-hydrogen) atoms. The first-order chi connectivity index (χ1) is 11.0. The van der Waals surface area contributed by atoms with Crippen molar-refractivity contribution in [2.24, 2.45) is 0 Å². The van der Waals surface area contributed by atoms with E-state index in [4.69, 9.17) is 0 Å². The minimum Gasteiger partial charge on any atom is -0.308 e. The smallest absolute Gasteiger partial charge is 0.181 e. The Morgan fingerprint density at radius 2 is 1.91 bits per heavy atom. The fraction of sp³-hybridized carbons (Fsp3) is 0.500. The standard InChI is InChI=1S/C16H22N4O2S/c1-3-20-18-12(2)16(19-20)11-17-13-9-15(10-13)23(21,22)14-7-5-4-6-8-14/h4-8,13,15,17H,3,9-11H2,1-2H3. The van der Waals surface area contributed by atoms with E-state index in [-0.39, 0.29) is 11.3 Å². The Kier molecular flexibility index (Phi) is 4.50. The van der Waals surface area contributed by atoms with Crippen molar-refractivity contribution < 1.29 is 8.42 Å². The van der Waals surface area contributed by atoms with Gasteiger partial charge in [-0.3, -0.25) is 0 Å². The summed E-state index contributed by atoms with van der Waals surface area (Å²) in [6.45, 7) is 5.33. The first-order valence-corrected chi connectivity index (χ1v) is 9.48. The molecule has 1 aromatic carbocycles. The largest absolute Gasteiger partial charge is 0.308 e. The van der Waals surface area contributed by atoms with Gasteiger partial charge >= 0.3 is 0 Å². The Labute approximate surface area is 136 Å². The predicted octanol–water partition coefficient (Wildman–Crippen LogP) is 1.70. The molecule has 1 aliphatic carbocycles. The van der Waals surface area contributed by atoms with Crippen LogP contribution < -0.4 is 5.32 Å². The van der Waals surface area contributed by atoms with Gasteiger partial charge in [0, 0.05) is 12.6 Å². The highest BCUT2D eigenvalue weighted by Gasteiger charge is 2.39. The number of aryl methyl sites for hydroxylation is 2. The maximum absolute atomic E-state index is 12.5. The molecule has 1 heterocycles. The molecule has 0 saturated heterocycles. The molecule has 0 spiro atoms. The Morgan fingerprint density at radius 3 is 2.52 bits per heavy atom. The van der Waals surface area contributed by atoms with E-state index in [0.717, 1.165) is 17.9 Å². The predicted molar refractivity (Wildman–Crippen MR) is 87.7 cm³/mol. The summed E-state index contributed by atoms with van der Waals surface area (Å²) in [6.07, 6.45) is 1.30. The minimum atomic E-state index is -3.20. The molecule has 0 bridgehead atoms. The molecular formula is C16H22N4O2S. The number of hydrogen-bond acceptors (Lipinski definition) is 5. The van der Waals surface area contributed by atoms with Gasteiger partial charge in [0.1, 0.15) is 0 Å². The van der Waals surface area contributed by atoms with Crippen molar-refractivity contribution in [3.05, 3.63) is 41.7 Å². The molecule has 1 saturated carbocycles. The third-order valence-corrected chi connectivity index (χ3v) is 6.56. The zero-order chi connectivity index (χ0) is 16.4. The third kappa shape index (κ3) is 3.30. The molecule has 7 heteroatoms. The summed E-state index contributed by atoms with van der Waals surface area (Å²) >= 11 is 0. The lowest BCUT2D eigenvalue weighted by molar-refractivity contribution is 0.335. The van der Waals surface area contributed by atoms with Gasteiger partial charge in [0.15, 0.2) is 9.84 Å². The van der Waals surface area contributed by atoms with Crippen molar-refractivity contribution in [2.45, 2.75) is 56.0 Å². The molecule has 1 aliphatic rings. The Hall–Kier alpha value is -1.73. The number of rotatable bonds is 6. The average molecular weight is 334 g/mol. The fourth-order valence-corrected chi connectivity index (χ4v) is 4.69. The lowest BCUT2D eigenvalue weighted by Gasteiger charge is -2.35. The van der Waals surface area contributed by atoms with Gasteiger partial charge in [0.2, 0.25) is 0 Å². The van der Waals surface area contributed by atoms with Gasteiger partial charge in [0.05, 0.1) is 28.1 Å². The van der Waals surface area contributed by atoms with E-state index in [1.54, 1.807) is 29.1 Å². The second kappa shape index (κ2) is 6.41. The molecule has 1 fully saturated rings. The van der Waals surface area contributed by atoms with Crippen LogP contribution in [0.5, 0.6) is 0 Å². The second-order valence-corrected chi connectivity index (χ2v) is 8.18. The van der Waals surface area contributed by atoms with Crippen LogP contribution in [0.4, 0.5) is 0 Å². The van der Waals surface area contributed by atoms with Crippen molar-refractivity contribution >= 4 is 9.84 Å². The molecule has 3 rings (SSSR count). The van der Waals surface area contributed by atoms with Crippen LogP contribution in [0.1, 0.15) is 31.2 Å². The highest BCUT2D eigenvalue weighted by molar-refractivity contribution is 7.92. The van der Waals surface area contributed by atoms with Crippen LogP contribution in [-0.4, -0.2) is 34.7 Å². The summed E-state index contributed by atoms with van der Waals surface area (Å²) in [6, 6.07) is 8.92. The van der Waals surface area contributed by atoms with Crippen molar-refractivity contribution in [2.75, 3.05) is 0 Å². The summed E-state index contributed by atoms with van der Waals surface area (Å²) in [5, 5.41) is 11.8. The van der Waals surface area contributed by atoms with Crippen LogP contribution in [0.25, 0.3) is 0 Å². The van der Waals surface area contributed by atoms with Crippen LogP contribution in [-0.2, 0) is 22.9 Å². The number of sulfone groups is 1. The summed E-state index contributed by atoms with van der Waals surface area (Å²) in [7, 11) is -3.20. The molecule has 124 valence electrons. The maximum Gasteiger partial charge on any atom is 0.181 e. The number of benzene rings is 1. The molecule has 2 aromatic rings. The van der Waals surface area contributed by atoms with Crippen LogP contribution in [0.15, 0.2) is 35.2 Å². The lowest BCUT2D eigenvalue weighted by Crippen LogP contribution is -2.47. The molecule has 1 aromatic heterocycles. The second-order valence-electron chi connectivity index (χ2n) is 5.95. The van der Waals surface area contributed by atoms with Gasteiger partial charge in [-0.1, -0.05) is 18.2 Å². The molecule has 1 N–H and O–H groups in total. The third-order valence-electron chi connectivity index (χ3n) is 4.37. The molecule has 0 atom stereocenters. The number of nitrogens with one attached hydrogen (secondary N) is 1. The highest BCUT2D eigenvalue weighted by Crippen LogP contribution is 2.31. The first kappa shape index (κ1) is 16.1. The summed E-state index contributed by atoms with van der Waals surface area (Å²) in [5.74, 6) is 0. The minimum absolute atomic E-state index is 0.227. The Bertz CT molecular complexity index is 765. The zero-order valence-corrected chi connectivity index (χ0v) is 14.3. The molecule has 0 unspecified atom stereocenters. The average Bonchev–Trinajstić information content (AvgIpc) is 2.87. The SMILES string of the molecule is CCn1nc(C)c(CNC2CC(S(=O)(=O)c3ccccc3)C2)n1. The molecule has 0 radical (unpaired) electrons. The quantitative estimate of drug-likeness (QED) is 0.870. The van der Waals surface area contributed by atoms with Crippen LogP contribution >= 0.6 is 0 Å². The highest BCUT2D eigenvalue weighted by atomic mass is 32.2. The molecule has 0 amide bonds. The van der Waals surface area contributed by atoms with E-state index in [9.17, 15) is 8.42 Å². The van der Waals surface area contributed by atoms with Crippen LogP contribution in [0.2, 0.25) is 0 Å². The lowest BCUT2D eigenvalue weighted by atomic mass is 9.92. The normalized spacial score (nSPS) is 21.1. The summed E-state index contributed by atoms with van der Waals surface area (Å²) in [5.41, 5.74) is 1.85. The van der Waals surface area contributed by atoms with E-state index in [2.05, 4.69) is 15.5 Å².